The van der Waals surface area contributed by atoms with Gasteiger partial charge in [0.25, 0.3) is 0 Å². The number of fused-ring (bicyclic) bond motifs is 5. The molecule has 0 aromatic carbocycles. The second kappa shape index (κ2) is 12.8. The first-order valence-electron chi connectivity index (χ1n) is 15.8. The average Bonchev–Trinajstić information content (AvgIpc) is 3.26. The molecule has 1 N–H and O–H groups in total. The van der Waals surface area contributed by atoms with Crippen molar-refractivity contribution >= 4 is 17.8 Å². The Hall–Kier alpha value is -1.85. The molecule has 220 valence electrons. The summed E-state index contributed by atoms with van der Waals surface area (Å²) in [4.78, 5) is 36.0. The summed E-state index contributed by atoms with van der Waals surface area (Å²) in [5.74, 6) is 2.58. The van der Waals surface area contributed by atoms with Crippen LogP contribution in [0.25, 0.3) is 0 Å². The van der Waals surface area contributed by atoms with Crippen molar-refractivity contribution in [3.63, 3.8) is 0 Å². The fraction of sp³-hybridized carbons (Fsp3) is 0.848. The van der Waals surface area contributed by atoms with Crippen LogP contribution < -0.4 is 5.32 Å². The average molecular weight is 544 g/mol. The minimum atomic E-state index is -0.158. The van der Waals surface area contributed by atoms with Gasteiger partial charge in [0.1, 0.15) is 6.10 Å². The van der Waals surface area contributed by atoms with Crippen molar-refractivity contribution in [2.45, 2.75) is 124 Å². The SMILES string of the molecule is COC(=O)CCCCCCCNC(=O)[C@@H](C)[C@H]1CC[C@H]2C3CC=C4C[C@@H](OC(C)=O)CC[C@]4(C)[C@H]3CC[C@]12C. The molecular weight excluding hydrogens is 490 g/mol. The third-order valence-electron chi connectivity index (χ3n) is 11.6. The quantitative estimate of drug-likeness (QED) is 0.177. The van der Waals surface area contributed by atoms with Crippen LogP contribution >= 0.6 is 0 Å². The number of carbonyl (C=O) groups is 3. The highest BCUT2D eigenvalue weighted by Gasteiger charge is 2.59. The number of carbonyl (C=O) groups excluding carboxylic acids is 3. The first-order chi connectivity index (χ1) is 18.6. The smallest absolute Gasteiger partial charge is 0.305 e. The summed E-state index contributed by atoms with van der Waals surface area (Å²) in [7, 11) is 1.44. The summed E-state index contributed by atoms with van der Waals surface area (Å²) >= 11 is 0. The lowest BCUT2D eigenvalue weighted by Gasteiger charge is -2.58. The predicted molar refractivity (Wildman–Crippen MR) is 153 cm³/mol. The van der Waals surface area contributed by atoms with Gasteiger partial charge in [0.15, 0.2) is 0 Å². The lowest BCUT2D eigenvalue weighted by atomic mass is 9.47. The van der Waals surface area contributed by atoms with Gasteiger partial charge in [-0.1, -0.05) is 51.7 Å². The van der Waals surface area contributed by atoms with Gasteiger partial charge in [0.2, 0.25) is 5.91 Å². The van der Waals surface area contributed by atoms with Crippen LogP contribution in [0.5, 0.6) is 0 Å². The second-order valence-electron chi connectivity index (χ2n) is 13.6. The number of nitrogens with one attached hydrogen (secondary N) is 1. The first-order valence-corrected chi connectivity index (χ1v) is 15.8. The highest BCUT2D eigenvalue weighted by molar-refractivity contribution is 5.78. The summed E-state index contributed by atoms with van der Waals surface area (Å²) < 4.78 is 10.3. The van der Waals surface area contributed by atoms with Crippen molar-refractivity contribution in [2.24, 2.45) is 40.4 Å². The van der Waals surface area contributed by atoms with Gasteiger partial charge in [-0.15, -0.1) is 0 Å². The number of allylic oxidation sites excluding steroid dienone is 1. The van der Waals surface area contributed by atoms with E-state index >= 15 is 0 Å². The van der Waals surface area contributed by atoms with Gasteiger partial charge in [0, 0.05) is 32.2 Å². The van der Waals surface area contributed by atoms with Crippen LogP contribution in [0.3, 0.4) is 0 Å². The monoisotopic (exact) mass is 543 g/mol. The van der Waals surface area contributed by atoms with Crippen molar-refractivity contribution in [3.8, 4) is 0 Å². The molecule has 1 unspecified atom stereocenters. The third-order valence-corrected chi connectivity index (χ3v) is 11.6. The Morgan fingerprint density at radius 1 is 1.00 bits per heavy atom. The zero-order valence-corrected chi connectivity index (χ0v) is 25.2. The Bertz CT molecular complexity index is 929. The van der Waals surface area contributed by atoms with Crippen LogP contribution in [0.2, 0.25) is 0 Å². The van der Waals surface area contributed by atoms with Gasteiger partial charge < -0.3 is 14.8 Å². The number of hydrogen-bond donors (Lipinski definition) is 1. The molecule has 4 aliphatic rings. The number of rotatable bonds is 11. The maximum absolute atomic E-state index is 13.2. The Morgan fingerprint density at radius 3 is 2.49 bits per heavy atom. The maximum atomic E-state index is 13.2. The number of ether oxygens (including phenoxy) is 2. The normalized spacial score (nSPS) is 36.0. The van der Waals surface area contributed by atoms with Crippen molar-refractivity contribution in [2.75, 3.05) is 13.7 Å². The van der Waals surface area contributed by atoms with E-state index in [2.05, 4.69) is 36.9 Å². The largest absolute Gasteiger partial charge is 0.469 e. The van der Waals surface area contributed by atoms with Gasteiger partial charge in [0.05, 0.1) is 7.11 Å². The van der Waals surface area contributed by atoms with Gasteiger partial charge in [-0.2, -0.15) is 0 Å². The number of hydrogen-bond acceptors (Lipinski definition) is 5. The minimum absolute atomic E-state index is 0.0500. The molecule has 0 aliphatic heterocycles. The molecule has 0 saturated heterocycles. The molecule has 1 amide bonds. The maximum Gasteiger partial charge on any atom is 0.305 e. The summed E-state index contributed by atoms with van der Waals surface area (Å²) in [5, 5.41) is 3.25. The zero-order valence-electron chi connectivity index (χ0n) is 25.2. The molecule has 8 atom stereocenters. The number of methoxy groups -OCH3 is 1. The molecule has 4 rings (SSSR count). The molecule has 0 radical (unpaired) electrons. The van der Waals surface area contributed by atoms with E-state index in [1.165, 1.54) is 45.3 Å². The van der Waals surface area contributed by atoms with E-state index in [1.54, 1.807) is 0 Å². The van der Waals surface area contributed by atoms with Gasteiger partial charge in [-0.05, 0) is 92.3 Å². The second-order valence-corrected chi connectivity index (χ2v) is 13.6. The number of esters is 2. The molecule has 0 aromatic rings. The van der Waals surface area contributed by atoms with E-state index in [-0.39, 0.29) is 40.7 Å². The van der Waals surface area contributed by atoms with E-state index in [4.69, 9.17) is 4.74 Å². The van der Waals surface area contributed by atoms with E-state index < -0.39 is 0 Å². The van der Waals surface area contributed by atoms with Crippen LogP contribution in [0.15, 0.2) is 11.6 Å². The Kier molecular flexibility index (Phi) is 9.86. The molecule has 0 bridgehead atoms. The highest BCUT2D eigenvalue weighted by Crippen LogP contribution is 2.67. The lowest BCUT2D eigenvalue weighted by molar-refractivity contribution is -0.148. The van der Waals surface area contributed by atoms with E-state index in [0.717, 1.165) is 64.3 Å². The number of unbranched alkanes of at least 4 members (excludes halogenated alkanes) is 4. The van der Waals surface area contributed by atoms with Crippen molar-refractivity contribution in [3.05, 3.63) is 11.6 Å². The van der Waals surface area contributed by atoms with Crippen molar-refractivity contribution in [1.82, 2.24) is 5.32 Å². The molecule has 0 heterocycles. The molecule has 39 heavy (non-hydrogen) atoms. The zero-order chi connectivity index (χ0) is 28.2. The van der Waals surface area contributed by atoms with Crippen LogP contribution in [-0.2, 0) is 23.9 Å². The molecule has 6 nitrogen and oxygen atoms in total. The molecule has 3 fully saturated rings. The van der Waals surface area contributed by atoms with Crippen LogP contribution in [0.4, 0.5) is 0 Å². The third kappa shape index (κ3) is 6.40. The van der Waals surface area contributed by atoms with Gasteiger partial charge in [-0.25, -0.2) is 0 Å². The fourth-order valence-corrected chi connectivity index (χ4v) is 9.41. The predicted octanol–water partition coefficient (Wildman–Crippen LogP) is 6.76. The van der Waals surface area contributed by atoms with E-state index in [0.29, 0.717) is 30.1 Å². The standard InChI is InChI=1S/C33H53NO5/c1-22(31(37)34-20-10-8-6-7-9-11-30(36)38-5)27-14-15-28-26-13-12-24-21-25(39-23(2)35)16-18-32(24,3)29(26)17-19-33(27,28)4/h12,22,25-29H,6-11,13-21H2,1-5H3,(H,34,37)/t22-,25-,26?,27+,28-,29-,32-,33+/m0/s1. The molecule has 0 aromatic heterocycles. The summed E-state index contributed by atoms with van der Waals surface area (Å²) in [6.07, 6.45) is 17.2. The Balaban J connectivity index is 1.28. The fourth-order valence-electron chi connectivity index (χ4n) is 9.41. The van der Waals surface area contributed by atoms with Crippen LogP contribution in [0.1, 0.15) is 118 Å². The topological polar surface area (TPSA) is 81.7 Å². The van der Waals surface area contributed by atoms with E-state index in [1.807, 2.05) is 0 Å². The summed E-state index contributed by atoms with van der Waals surface area (Å²) in [6.45, 7) is 9.44. The van der Waals surface area contributed by atoms with Crippen LogP contribution in [-0.4, -0.2) is 37.6 Å². The molecule has 4 aliphatic carbocycles. The highest BCUT2D eigenvalue weighted by atomic mass is 16.5. The lowest BCUT2D eigenvalue weighted by Crippen LogP contribution is -2.51. The minimum Gasteiger partial charge on any atom is -0.469 e. The first kappa shape index (κ1) is 30.1. The molecule has 3 saturated carbocycles. The number of amides is 1. The van der Waals surface area contributed by atoms with Crippen molar-refractivity contribution in [1.29, 1.82) is 0 Å². The summed E-state index contributed by atoms with van der Waals surface area (Å²) in [6, 6.07) is 0. The Morgan fingerprint density at radius 2 is 1.74 bits per heavy atom. The molecular formula is C33H53NO5. The Labute approximate surface area is 236 Å². The van der Waals surface area contributed by atoms with E-state index in [9.17, 15) is 14.4 Å². The van der Waals surface area contributed by atoms with Crippen molar-refractivity contribution < 1.29 is 23.9 Å². The summed E-state index contributed by atoms with van der Waals surface area (Å²) in [5.41, 5.74) is 2.02. The van der Waals surface area contributed by atoms with Gasteiger partial charge >= 0.3 is 11.9 Å². The van der Waals surface area contributed by atoms with Crippen LogP contribution in [0, 0.1) is 40.4 Å². The molecule has 6 heteroatoms. The molecule has 0 spiro atoms. The van der Waals surface area contributed by atoms with Gasteiger partial charge in [-0.3, -0.25) is 14.4 Å².